The van der Waals surface area contributed by atoms with Crippen molar-refractivity contribution in [2.24, 2.45) is 0 Å². The molecule has 0 saturated heterocycles. The van der Waals surface area contributed by atoms with Crippen molar-refractivity contribution < 1.29 is 13.2 Å². The summed E-state index contributed by atoms with van der Waals surface area (Å²) in [7, 11) is 0. The molecule has 0 amide bonds. The van der Waals surface area contributed by atoms with Crippen LogP contribution in [0.3, 0.4) is 0 Å². The molecule has 12 heteroatoms. The number of hydrogen-bond acceptors (Lipinski definition) is 7. The molecule has 0 atom stereocenters. The molecule has 0 bridgehead atoms. The molecule has 6 nitrogen and oxygen atoms in total. The van der Waals surface area contributed by atoms with Gasteiger partial charge in [0.05, 0.1) is 6.20 Å². The van der Waals surface area contributed by atoms with Gasteiger partial charge in [0, 0.05) is 28.5 Å². The van der Waals surface area contributed by atoms with Crippen molar-refractivity contribution in [3.63, 3.8) is 0 Å². The van der Waals surface area contributed by atoms with Crippen LogP contribution in [-0.2, 0) is 6.18 Å². The molecule has 1 aromatic carbocycles. The Labute approximate surface area is 169 Å². The van der Waals surface area contributed by atoms with E-state index in [1.165, 1.54) is 18.6 Å². The molecule has 0 N–H and O–H groups in total. The van der Waals surface area contributed by atoms with Crippen molar-refractivity contribution in [2.75, 3.05) is 0 Å². The molecule has 0 fully saturated rings. The van der Waals surface area contributed by atoms with Gasteiger partial charge in [0.15, 0.2) is 15.9 Å². The first-order valence-electron chi connectivity index (χ1n) is 7.60. The normalized spacial score (nSPS) is 11.7. The Kier molecular flexibility index (Phi) is 5.04. The lowest BCUT2D eigenvalue weighted by Crippen LogP contribution is -2.04. The van der Waals surface area contributed by atoms with Gasteiger partial charge in [-0.25, -0.2) is 9.97 Å². The second-order valence-electron chi connectivity index (χ2n) is 5.31. The molecule has 3 heterocycles. The van der Waals surface area contributed by atoms with Crippen LogP contribution in [-0.4, -0.2) is 29.7 Å². The Morgan fingerprint density at radius 3 is 2.50 bits per heavy atom. The fourth-order valence-electron chi connectivity index (χ4n) is 2.25. The van der Waals surface area contributed by atoms with Gasteiger partial charge in [-0.2, -0.15) is 13.2 Å². The summed E-state index contributed by atoms with van der Waals surface area (Å²) in [5.41, 5.74) is 0.198. The van der Waals surface area contributed by atoms with Crippen molar-refractivity contribution in [1.29, 1.82) is 0 Å². The molecular weight excluding hydrogens is 433 g/mol. The standard InChI is InChI=1S/C16H8ClF3N6S2/c17-9-1-3-10(4-2-9)26-13(11-7-21-5-6-22-11)24-25-14(26)28-15-23-12(8-27-15)16(18,19)20/h1-8H. The Hall–Kier alpha value is -2.50. The zero-order valence-corrected chi connectivity index (χ0v) is 16.0. The largest absolute Gasteiger partial charge is 0.434 e. The number of thiazole rings is 1. The van der Waals surface area contributed by atoms with E-state index in [0.717, 1.165) is 28.5 Å². The van der Waals surface area contributed by atoms with E-state index in [9.17, 15) is 13.2 Å². The van der Waals surface area contributed by atoms with Gasteiger partial charge in [0.25, 0.3) is 0 Å². The first kappa shape index (κ1) is 18.8. The maximum atomic E-state index is 12.8. The van der Waals surface area contributed by atoms with Crippen LogP contribution in [0.2, 0.25) is 5.02 Å². The summed E-state index contributed by atoms with van der Waals surface area (Å²) >= 11 is 7.83. The fraction of sp³-hybridized carbons (Fsp3) is 0.0625. The van der Waals surface area contributed by atoms with Gasteiger partial charge >= 0.3 is 6.18 Å². The van der Waals surface area contributed by atoms with Crippen LogP contribution in [0.5, 0.6) is 0 Å². The molecule has 0 aliphatic rings. The molecule has 3 aromatic heterocycles. The summed E-state index contributed by atoms with van der Waals surface area (Å²) in [6.07, 6.45) is 0.0653. The van der Waals surface area contributed by atoms with E-state index in [2.05, 4.69) is 25.1 Å². The fourth-order valence-corrected chi connectivity index (χ4v) is 4.15. The minimum absolute atomic E-state index is 0.195. The Balaban J connectivity index is 1.78. The Bertz CT molecular complexity index is 1100. The number of aromatic nitrogens is 6. The van der Waals surface area contributed by atoms with E-state index in [4.69, 9.17) is 11.6 Å². The van der Waals surface area contributed by atoms with E-state index < -0.39 is 11.9 Å². The highest BCUT2D eigenvalue weighted by Gasteiger charge is 2.34. The lowest BCUT2D eigenvalue weighted by Gasteiger charge is -2.09. The maximum Gasteiger partial charge on any atom is 0.434 e. The minimum atomic E-state index is -4.50. The number of hydrogen-bond donors (Lipinski definition) is 0. The van der Waals surface area contributed by atoms with Gasteiger partial charge in [0.1, 0.15) is 5.69 Å². The van der Waals surface area contributed by atoms with Crippen LogP contribution in [0.15, 0.2) is 57.7 Å². The van der Waals surface area contributed by atoms with Crippen molar-refractivity contribution in [3.8, 4) is 17.2 Å². The van der Waals surface area contributed by atoms with Crippen molar-refractivity contribution in [2.45, 2.75) is 15.7 Å². The first-order valence-corrected chi connectivity index (χ1v) is 9.67. The number of benzene rings is 1. The molecule has 0 spiro atoms. The van der Waals surface area contributed by atoms with E-state index in [0.29, 0.717) is 27.4 Å². The second-order valence-corrected chi connectivity index (χ2v) is 7.82. The van der Waals surface area contributed by atoms with Crippen LogP contribution in [0.25, 0.3) is 17.2 Å². The average Bonchev–Trinajstić information content (AvgIpc) is 3.31. The van der Waals surface area contributed by atoms with Crippen LogP contribution in [0.1, 0.15) is 5.69 Å². The van der Waals surface area contributed by atoms with Gasteiger partial charge in [-0.15, -0.1) is 21.5 Å². The van der Waals surface area contributed by atoms with E-state index >= 15 is 0 Å². The molecule has 0 saturated carbocycles. The molecular formula is C16H8ClF3N6S2. The highest BCUT2D eigenvalue weighted by Crippen LogP contribution is 2.37. The quantitative estimate of drug-likeness (QED) is 0.444. The average molecular weight is 441 g/mol. The summed E-state index contributed by atoms with van der Waals surface area (Å²) in [5.74, 6) is 0.394. The third-order valence-corrected chi connectivity index (χ3v) is 5.60. The second kappa shape index (κ2) is 7.49. The van der Waals surface area contributed by atoms with Gasteiger partial charge in [0.2, 0.25) is 5.16 Å². The predicted octanol–water partition coefficient (Wildman–Crippen LogP) is 5.00. The molecule has 28 heavy (non-hydrogen) atoms. The van der Waals surface area contributed by atoms with Crippen molar-refractivity contribution in [3.05, 3.63) is 59.0 Å². The van der Waals surface area contributed by atoms with E-state index in [1.807, 2.05) is 0 Å². The SMILES string of the molecule is FC(F)(F)c1csc(Sc2nnc(-c3cnccn3)n2-c2ccc(Cl)cc2)n1. The molecule has 0 unspecified atom stereocenters. The molecule has 4 aromatic rings. The molecule has 0 aliphatic carbocycles. The summed E-state index contributed by atoms with van der Waals surface area (Å²) in [5, 5.41) is 10.1. The first-order chi connectivity index (χ1) is 13.4. The van der Waals surface area contributed by atoms with Gasteiger partial charge in [-0.3, -0.25) is 9.55 Å². The minimum Gasteiger partial charge on any atom is -0.268 e. The highest BCUT2D eigenvalue weighted by molar-refractivity contribution is 8.00. The summed E-state index contributed by atoms with van der Waals surface area (Å²) in [4.78, 5) is 11.9. The van der Waals surface area contributed by atoms with Gasteiger partial charge in [-0.05, 0) is 36.0 Å². The monoisotopic (exact) mass is 440 g/mol. The number of rotatable bonds is 4. The van der Waals surface area contributed by atoms with Crippen molar-refractivity contribution >= 4 is 34.7 Å². The third kappa shape index (κ3) is 3.86. The number of alkyl halides is 3. The summed E-state index contributed by atoms with van der Waals surface area (Å²) in [6, 6.07) is 6.88. The highest BCUT2D eigenvalue weighted by atomic mass is 35.5. The third-order valence-electron chi connectivity index (χ3n) is 3.46. The maximum absolute atomic E-state index is 12.8. The predicted molar refractivity (Wildman–Crippen MR) is 98.6 cm³/mol. The Morgan fingerprint density at radius 2 is 1.86 bits per heavy atom. The van der Waals surface area contributed by atoms with Crippen molar-refractivity contribution in [1.82, 2.24) is 29.7 Å². The van der Waals surface area contributed by atoms with E-state index in [1.54, 1.807) is 28.8 Å². The van der Waals surface area contributed by atoms with Gasteiger partial charge < -0.3 is 0 Å². The topological polar surface area (TPSA) is 69.4 Å². The number of nitrogens with zero attached hydrogens (tertiary/aromatic N) is 6. The van der Waals surface area contributed by atoms with Crippen LogP contribution < -0.4 is 0 Å². The smallest absolute Gasteiger partial charge is 0.268 e. The zero-order chi connectivity index (χ0) is 19.7. The molecule has 0 radical (unpaired) electrons. The number of halogens is 4. The van der Waals surface area contributed by atoms with E-state index in [-0.39, 0.29) is 4.34 Å². The molecule has 142 valence electrons. The lowest BCUT2D eigenvalue weighted by atomic mass is 10.3. The van der Waals surface area contributed by atoms with Gasteiger partial charge in [-0.1, -0.05) is 11.6 Å². The Morgan fingerprint density at radius 1 is 1.07 bits per heavy atom. The van der Waals surface area contributed by atoms with Crippen LogP contribution >= 0.6 is 34.7 Å². The molecule has 0 aliphatic heterocycles. The zero-order valence-electron chi connectivity index (χ0n) is 13.6. The molecule has 4 rings (SSSR count). The van der Waals surface area contributed by atoms with Crippen LogP contribution in [0.4, 0.5) is 13.2 Å². The lowest BCUT2D eigenvalue weighted by molar-refractivity contribution is -0.141. The summed E-state index contributed by atoms with van der Waals surface area (Å²) < 4.78 is 40.3. The summed E-state index contributed by atoms with van der Waals surface area (Å²) in [6.45, 7) is 0. The van der Waals surface area contributed by atoms with Crippen LogP contribution in [0, 0.1) is 0 Å².